The molecular formula is C18H22BrN3O3. The summed E-state index contributed by atoms with van der Waals surface area (Å²) < 4.78 is 0.824. The minimum Gasteiger partial charge on any atom is -0.338 e. The van der Waals surface area contributed by atoms with Crippen LogP contribution >= 0.6 is 15.9 Å². The molecule has 2 saturated heterocycles. The Morgan fingerprint density at radius 2 is 2.12 bits per heavy atom. The number of benzene rings is 1. The second-order valence-electron chi connectivity index (χ2n) is 6.89. The van der Waals surface area contributed by atoms with E-state index in [0.717, 1.165) is 28.6 Å². The lowest BCUT2D eigenvalue weighted by molar-refractivity contribution is -0.140. The van der Waals surface area contributed by atoms with E-state index in [1.54, 1.807) is 24.0 Å². The fraction of sp³-hybridized carbons (Fsp3) is 0.500. The van der Waals surface area contributed by atoms with Crippen LogP contribution in [0.3, 0.4) is 0 Å². The zero-order chi connectivity index (χ0) is 18.2. The van der Waals surface area contributed by atoms with Crippen molar-refractivity contribution in [3.8, 4) is 0 Å². The molecule has 134 valence electrons. The van der Waals surface area contributed by atoms with E-state index in [9.17, 15) is 14.4 Å². The molecule has 6 nitrogen and oxygen atoms in total. The minimum atomic E-state index is -1.16. The molecule has 2 aliphatic heterocycles. The number of hydrogen-bond donors (Lipinski definition) is 1. The normalized spacial score (nSPS) is 26.8. The number of hydrogen-bond acceptors (Lipinski definition) is 3. The van der Waals surface area contributed by atoms with E-state index >= 15 is 0 Å². The summed E-state index contributed by atoms with van der Waals surface area (Å²) in [6, 6.07) is 6.89. The number of carbonyl (C=O) groups is 3. The predicted molar refractivity (Wildman–Crippen MR) is 96.8 cm³/mol. The van der Waals surface area contributed by atoms with Crippen LogP contribution in [0, 0.1) is 0 Å². The van der Waals surface area contributed by atoms with Crippen LogP contribution in [0.4, 0.5) is 4.79 Å². The highest BCUT2D eigenvalue weighted by molar-refractivity contribution is 9.10. The third-order valence-electron chi connectivity index (χ3n) is 5.09. The third-order valence-corrected chi connectivity index (χ3v) is 5.59. The average Bonchev–Trinajstić information content (AvgIpc) is 2.79. The van der Waals surface area contributed by atoms with Gasteiger partial charge in [0.05, 0.1) is 0 Å². The summed E-state index contributed by atoms with van der Waals surface area (Å²) in [5.41, 5.74) is -0.476. The topological polar surface area (TPSA) is 69.7 Å². The quantitative estimate of drug-likeness (QED) is 0.782. The first kappa shape index (κ1) is 17.9. The van der Waals surface area contributed by atoms with Gasteiger partial charge in [-0.05, 0) is 50.8 Å². The van der Waals surface area contributed by atoms with Gasteiger partial charge in [-0.25, -0.2) is 4.79 Å². The molecule has 2 atom stereocenters. The Balaban J connectivity index is 1.78. The minimum absolute atomic E-state index is 0.151. The molecule has 7 heteroatoms. The fourth-order valence-electron chi connectivity index (χ4n) is 3.53. The zero-order valence-electron chi connectivity index (χ0n) is 14.4. The smallest absolute Gasteiger partial charge is 0.325 e. The second kappa shape index (κ2) is 6.78. The van der Waals surface area contributed by atoms with Crippen molar-refractivity contribution in [1.29, 1.82) is 0 Å². The van der Waals surface area contributed by atoms with Crippen molar-refractivity contribution >= 4 is 33.8 Å². The molecule has 0 aromatic heterocycles. The van der Waals surface area contributed by atoms with Crippen LogP contribution < -0.4 is 5.32 Å². The fourth-order valence-corrected chi connectivity index (χ4v) is 3.93. The van der Waals surface area contributed by atoms with Crippen LogP contribution in [0.1, 0.15) is 38.7 Å². The van der Waals surface area contributed by atoms with Crippen LogP contribution in [0.25, 0.3) is 0 Å². The van der Waals surface area contributed by atoms with Gasteiger partial charge in [-0.1, -0.05) is 28.1 Å². The highest BCUT2D eigenvalue weighted by atomic mass is 79.9. The lowest BCUT2D eigenvalue weighted by Gasteiger charge is -2.34. The number of piperidine rings is 1. The van der Waals surface area contributed by atoms with E-state index in [-0.39, 0.29) is 18.5 Å². The maximum Gasteiger partial charge on any atom is 0.325 e. The van der Waals surface area contributed by atoms with Crippen LogP contribution in [-0.2, 0) is 15.1 Å². The van der Waals surface area contributed by atoms with Gasteiger partial charge in [-0.2, -0.15) is 0 Å². The summed E-state index contributed by atoms with van der Waals surface area (Å²) in [6.07, 6.45) is 3.03. The standard InChI is InChI=1S/C18H22BrN3O3/c1-12-6-3-4-9-21(12)15(23)11-22-16(24)18(2,20-17(22)25)13-7-5-8-14(19)10-13/h5,7-8,10,12H,3-4,6,9,11H2,1-2H3,(H,20,25). The van der Waals surface area contributed by atoms with E-state index in [1.807, 2.05) is 19.1 Å². The largest absolute Gasteiger partial charge is 0.338 e. The van der Waals surface area contributed by atoms with Gasteiger partial charge in [0, 0.05) is 17.1 Å². The number of nitrogens with zero attached hydrogens (tertiary/aromatic N) is 2. The summed E-state index contributed by atoms with van der Waals surface area (Å²) in [6.45, 7) is 4.16. The molecule has 3 rings (SSSR count). The molecule has 0 aliphatic carbocycles. The highest BCUT2D eigenvalue weighted by Crippen LogP contribution is 2.30. The molecule has 2 fully saturated rings. The summed E-state index contributed by atoms with van der Waals surface area (Å²) in [5, 5.41) is 2.74. The van der Waals surface area contributed by atoms with Crippen LogP contribution in [0.2, 0.25) is 0 Å². The Hall–Kier alpha value is -1.89. The number of carbonyl (C=O) groups excluding carboxylic acids is 3. The van der Waals surface area contributed by atoms with Gasteiger partial charge >= 0.3 is 6.03 Å². The van der Waals surface area contributed by atoms with Crippen molar-refractivity contribution in [1.82, 2.24) is 15.1 Å². The molecule has 2 heterocycles. The Bertz CT molecular complexity index is 723. The van der Waals surface area contributed by atoms with Gasteiger partial charge in [-0.15, -0.1) is 0 Å². The Morgan fingerprint density at radius 3 is 2.80 bits per heavy atom. The molecule has 1 aromatic rings. The molecule has 2 unspecified atom stereocenters. The number of likely N-dealkylation sites (tertiary alicyclic amines) is 1. The Kier molecular flexibility index (Phi) is 4.86. The molecule has 1 aromatic carbocycles. The average molecular weight is 408 g/mol. The number of imide groups is 1. The Morgan fingerprint density at radius 1 is 1.36 bits per heavy atom. The maximum absolute atomic E-state index is 12.9. The molecule has 1 N–H and O–H groups in total. The van der Waals surface area contributed by atoms with Gasteiger partial charge in [0.15, 0.2) is 0 Å². The Labute approximate surface area is 155 Å². The van der Waals surface area contributed by atoms with Gasteiger partial charge in [0.1, 0.15) is 12.1 Å². The van der Waals surface area contributed by atoms with Crippen molar-refractivity contribution in [2.45, 2.75) is 44.7 Å². The van der Waals surface area contributed by atoms with Crippen molar-refractivity contribution < 1.29 is 14.4 Å². The van der Waals surface area contributed by atoms with Gasteiger partial charge in [0.25, 0.3) is 5.91 Å². The van der Waals surface area contributed by atoms with E-state index in [0.29, 0.717) is 12.1 Å². The molecule has 25 heavy (non-hydrogen) atoms. The van der Waals surface area contributed by atoms with Crippen molar-refractivity contribution in [2.24, 2.45) is 0 Å². The van der Waals surface area contributed by atoms with E-state index in [2.05, 4.69) is 21.2 Å². The first-order chi connectivity index (χ1) is 11.8. The number of halogens is 1. The number of rotatable bonds is 3. The summed E-state index contributed by atoms with van der Waals surface area (Å²) in [5.74, 6) is -0.567. The highest BCUT2D eigenvalue weighted by Gasteiger charge is 2.49. The lowest BCUT2D eigenvalue weighted by atomic mass is 9.92. The molecule has 0 radical (unpaired) electrons. The van der Waals surface area contributed by atoms with E-state index < -0.39 is 17.5 Å². The summed E-state index contributed by atoms with van der Waals surface area (Å²) in [7, 11) is 0. The number of amides is 4. The van der Waals surface area contributed by atoms with Crippen molar-refractivity contribution in [2.75, 3.05) is 13.1 Å². The SMILES string of the molecule is CC1CCCCN1C(=O)CN1C(=O)NC(C)(c2cccc(Br)c2)C1=O. The molecule has 4 amide bonds. The molecule has 0 bridgehead atoms. The molecule has 0 saturated carbocycles. The van der Waals surface area contributed by atoms with Crippen LogP contribution in [0.15, 0.2) is 28.7 Å². The lowest BCUT2D eigenvalue weighted by Crippen LogP contribution is -2.48. The number of urea groups is 1. The van der Waals surface area contributed by atoms with E-state index in [1.165, 1.54) is 0 Å². The van der Waals surface area contributed by atoms with Crippen LogP contribution in [-0.4, -0.2) is 46.8 Å². The predicted octanol–water partition coefficient (Wildman–Crippen LogP) is 2.62. The second-order valence-corrected chi connectivity index (χ2v) is 7.80. The summed E-state index contributed by atoms with van der Waals surface area (Å²) in [4.78, 5) is 40.7. The van der Waals surface area contributed by atoms with Crippen molar-refractivity contribution in [3.05, 3.63) is 34.3 Å². The van der Waals surface area contributed by atoms with Gasteiger partial charge in [0.2, 0.25) is 5.91 Å². The van der Waals surface area contributed by atoms with E-state index in [4.69, 9.17) is 0 Å². The maximum atomic E-state index is 12.9. The van der Waals surface area contributed by atoms with Crippen molar-refractivity contribution in [3.63, 3.8) is 0 Å². The van der Waals surface area contributed by atoms with Gasteiger partial charge in [-0.3, -0.25) is 14.5 Å². The summed E-state index contributed by atoms with van der Waals surface area (Å²) >= 11 is 3.38. The zero-order valence-corrected chi connectivity index (χ0v) is 16.0. The number of nitrogens with one attached hydrogen (secondary N) is 1. The first-order valence-electron chi connectivity index (χ1n) is 8.52. The van der Waals surface area contributed by atoms with Crippen LogP contribution in [0.5, 0.6) is 0 Å². The molecular weight excluding hydrogens is 386 g/mol. The van der Waals surface area contributed by atoms with Gasteiger partial charge < -0.3 is 10.2 Å². The molecule has 0 spiro atoms. The monoisotopic (exact) mass is 407 g/mol. The molecule has 2 aliphatic rings. The third kappa shape index (κ3) is 3.29. The first-order valence-corrected chi connectivity index (χ1v) is 9.32.